The van der Waals surface area contributed by atoms with Gasteiger partial charge in [0.1, 0.15) is 0 Å². The first kappa shape index (κ1) is 16.0. The smallest absolute Gasteiger partial charge is 0.337 e. The van der Waals surface area contributed by atoms with E-state index in [0.717, 1.165) is 25.7 Å². The first-order valence-electron chi connectivity index (χ1n) is 6.18. The Morgan fingerprint density at radius 2 is 1.94 bits per heavy atom. The van der Waals surface area contributed by atoms with Gasteiger partial charge >= 0.3 is 5.97 Å². The Bertz CT molecular complexity index is 349. The molecule has 1 aromatic rings. The molecule has 1 fully saturated rings. The van der Waals surface area contributed by atoms with E-state index in [1.165, 1.54) is 5.56 Å². The molecule has 3 nitrogen and oxygen atoms in total. The zero-order chi connectivity index (χ0) is 11.9. The van der Waals surface area contributed by atoms with Gasteiger partial charge in [0.15, 0.2) is 6.10 Å². The van der Waals surface area contributed by atoms with Gasteiger partial charge in [-0.3, -0.25) is 0 Å². The van der Waals surface area contributed by atoms with E-state index in [1.807, 2.05) is 6.07 Å². The fraction of sp³-hybridized carbons (Fsp3) is 0.500. The average molecular weight is 274 g/mol. The standard InChI is InChI=1S/C14H18O3.Ca/c15-14(13-11-17-13)16-10-6-2-5-9-12-7-3-1-4-8-12;/h1,3-4,7-8,13H,2,5-6,9-11H2;. The van der Waals surface area contributed by atoms with Crippen LogP contribution in [0.25, 0.3) is 0 Å². The van der Waals surface area contributed by atoms with E-state index in [-0.39, 0.29) is 49.8 Å². The van der Waals surface area contributed by atoms with Crippen LogP contribution in [0.4, 0.5) is 0 Å². The van der Waals surface area contributed by atoms with E-state index < -0.39 is 0 Å². The Balaban J connectivity index is 0.00000162. The SMILES string of the molecule is O=C(OCCCCCc1ccccc1)C1CO1.[Ca]. The first-order chi connectivity index (χ1) is 8.36. The number of epoxide rings is 1. The van der Waals surface area contributed by atoms with Crippen LogP contribution in [0, 0.1) is 0 Å². The molecule has 0 N–H and O–H groups in total. The largest absolute Gasteiger partial charge is 0.464 e. The van der Waals surface area contributed by atoms with Crippen LogP contribution in [-0.2, 0) is 20.7 Å². The number of hydrogen-bond acceptors (Lipinski definition) is 3. The Morgan fingerprint density at radius 1 is 1.22 bits per heavy atom. The molecule has 1 aliphatic heterocycles. The number of unbranched alkanes of at least 4 members (excludes halogenated alkanes) is 2. The molecule has 1 aliphatic rings. The minimum Gasteiger partial charge on any atom is -0.464 e. The average Bonchev–Trinajstić information content (AvgIpc) is 3.19. The molecule has 0 saturated carbocycles. The van der Waals surface area contributed by atoms with Gasteiger partial charge in [0.25, 0.3) is 0 Å². The number of aryl methyl sites for hydroxylation is 1. The summed E-state index contributed by atoms with van der Waals surface area (Å²) in [5.41, 5.74) is 1.37. The zero-order valence-corrected chi connectivity index (χ0v) is 12.8. The van der Waals surface area contributed by atoms with Crippen molar-refractivity contribution in [3.8, 4) is 0 Å². The maximum atomic E-state index is 11.1. The van der Waals surface area contributed by atoms with Crippen LogP contribution in [0.15, 0.2) is 30.3 Å². The number of benzene rings is 1. The minimum atomic E-state index is -0.265. The fourth-order valence-electron chi connectivity index (χ4n) is 1.70. The Hall–Kier alpha value is -0.0903. The van der Waals surface area contributed by atoms with E-state index in [4.69, 9.17) is 9.47 Å². The summed E-state index contributed by atoms with van der Waals surface area (Å²) in [4.78, 5) is 11.1. The summed E-state index contributed by atoms with van der Waals surface area (Å²) in [7, 11) is 0. The maximum Gasteiger partial charge on any atom is 0.337 e. The summed E-state index contributed by atoms with van der Waals surface area (Å²) in [5.74, 6) is -0.201. The van der Waals surface area contributed by atoms with Crippen molar-refractivity contribution in [1.82, 2.24) is 0 Å². The van der Waals surface area contributed by atoms with Crippen LogP contribution >= 0.6 is 0 Å². The van der Waals surface area contributed by atoms with Gasteiger partial charge in [-0.15, -0.1) is 0 Å². The van der Waals surface area contributed by atoms with Crippen LogP contribution < -0.4 is 0 Å². The van der Waals surface area contributed by atoms with Gasteiger partial charge in [-0.25, -0.2) is 4.79 Å². The van der Waals surface area contributed by atoms with E-state index in [0.29, 0.717) is 13.2 Å². The van der Waals surface area contributed by atoms with Crippen molar-refractivity contribution in [2.45, 2.75) is 31.8 Å². The number of carbonyl (C=O) groups is 1. The van der Waals surface area contributed by atoms with Crippen molar-refractivity contribution in [3.63, 3.8) is 0 Å². The summed E-state index contributed by atoms with van der Waals surface area (Å²) < 4.78 is 9.89. The summed E-state index contributed by atoms with van der Waals surface area (Å²) in [6, 6.07) is 10.4. The van der Waals surface area contributed by atoms with Gasteiger partial charge in [0, 0.05) is 37.7 Å². The second-order valence-electron chi connectivity index (χ2n) is 4.29. The van der Waals surface area contributed by atoms with Crippen LogP contribution in [0.2, 0.25) is 0 Å². The van der Waals surface area contributed by atoms with E-state index in [1.54, 1.807) is 0 Å². The molecule has 94 valence electrons. The predicted octanol–water partition coefficient (Wildman–Crippen LogP) is 1.96. The molecule has 0 aliphatic carbocycles. The van der Waals surface area contributed by atoms with Crippen molar-refractivity contribution < 1.29 is 14.3 Å². The molecule has 1 saturated heterocycles. The Kier molecular flexibility index (Phi) is 7.91. The second-order valence-corrected chi connectivity index (χ2v) is 4.29. The summed E-state index contributed by atoms with van der Waals surface area (Å²) >= 11 is 0. The molecule has 1 heterocycles. The van der Waals surface area contributed by atoms with Gasteiger partial charge in [0.05, 0.1) is 13.2 Å². The molecule has 0 amide bonds. The topological polar surface area (TPSA) is 38.8 Å². The molecule has 0 aromatic heterocycles. The second kappa shape index (κ2) is 8.92. The summed E-state index contributed by atoms with van der Waals surface area (Å²) in [6.45, 7) is 1.06. The molecule has 1 aromatic carbocycles. The molecule has 2 rings (SSSR count). The molecule has 0 spiro atoms. The third-order valence-corrected chi connectivity index (χ3v) is 2.79. The van der Waals surface area contributed by atoms with Crippen LogP contribution in [-0.4, -0.2) is 63.0 Å². The fourth-order valence-corrected chi connectivity index (χ4v) is 1.70. The Morgan fingerprint density at radius 3 is 2.61 bits per heavy atom. The van der Waals surface area contributed by atoms with Crippen LogP contribution in [0.5, 0.6) is 0 Å². The van der Waals surface area contributed by atoms with E-state index >= 15 is 0 Å². The van der Waals surface area contributed by atoms with Gasteiger partial charge in [-0.2, -0.15) is 0 Å². The molecule has 1 atom stereocenters. The maximum absolute atomic E-state index is 11.1. The van der Waals surface area contributed by atoms with E-state index in [9.17, 15) is 4.79 Å². The third kappa shape index (κ3) is 6.19. The Labute approximate surface area is 138 Å². The molecule has 0 bridgehead atoms. The normalized spacial score (nSPS) is 16.8. The molecule has 18 heavy (non-hydrogen) atoms. The molecule has 4 heteroatoms. The van der Waals surface area contributed by atoms with Crippen molar-refractivity contribution in [3.05, 3.63) is 35.9 Å². The third-order valence-electron chi connectivity index (χ3n) is 2.79. The van der Waals surface area contributed by atoms with Gasteiger partial charge in [-0.05, 0) is 31.2 Å². The zero-order valence-electron chi connectivity index (χ0n) is 10.6. The van der Waals surface area contributed by atoms with Gasteiger partial charge in [0.2, 0.25) is 0 Å². The van der Waals surface area contributed by atoms with Crippen molar-refractivity contribution in [2.24, 2.45) is 0 Å². The van der Waals surface area contributed by atoms with Crippen molar-refractivity contribution in [1.29, 1.82) is 0 Å². The van der Waals surface area contributed by atoms with Crippen LogP contribution in [0.1, 0.15) is 24.8 Å². The minimum absolute atomic E-state index is 0. The summed E-state index contributed by atoms with van der Waals surface area (Å²) in [6.07, 6.45) is 4.00. The number of hydrogen-bond donors (Lipinski definition) is 0. The number of carbonyl (C=O) groups excluding carboxylic acids is 1. The molecular weight excluding hydrogens is 256 g/mol. The number of esters is 1. The monoisotopic (exact) mass is 274 g/mol. The quantitative estimate of drug-likeness (QED) is 0.330. The molecular formula is C14H18CaO3. The molecule has 2 radical (unpaired) electrons. The summed E-state index contributed by atoms with van der Waals surface area (Å²) in [5, 5.41) is 0. The number of rotatable bonds is 7. The van der Waals surface area contributed by atoms with Crippen molar-refractivity contribution in [2.75, 3.05) is 13.2 Å². The predicted molar refractivity (Wildman–Crippen MR) is 70.5 cm³/mol. The van der Waals surface area contributed by atoms with Gasteiger partial charge in [-0.1, -0.05) is 30.3 Å². The van der Waals surface area contributed by atoms with Crippen molar-refractivity contribution >= 4 is 43.7 Å². The van der Waals surface area contributed by atoms with Crippen LogP contribution in [0.3, 0.4) is 0 Å². The first-order valence-corrected chi connectivity index (χ1v) is 6.18. The van der Waals surface area contributed by atoms with Gasteiger partial charge < -0.3 is 9.47 Å². The molecule has 1 unspecified atom stereocenters. The number of ether oxygens (including phenoxy) is 2. The van der Waals surface area contributed by atoms with E-state index in [2.05, 4.69) is 24.3 Å².